The summed E-state index contributed by atoms with van der Waals surface area (Å²) in [6.07, 6.45) is 5.32. The van der Waals surface area contributed by atoms with Crippen molar-refractivity contribution in [3.8, 4) is 0 Å². The van der Waals surface area contributed by atoms with Crippen LogP contribution >= 0.6 is 0 Å². The van der Waals surface area contributed by atoms with Gasteiger partial charge in [-0.1, -0.05) is 149 Å². The molecule has 2 amide bonds. The fourth-order valence-corrected chi connectivity index (χ4v) is 4.01. The Kier molecular flexibility index (Phi) is 24.1. The summed E-state index contributed by atoms with van der Waals surface area (Å²) in [5.41, 5.74) is 2.58. The van der Waals surface area contributed by atoms with Gasteiger partial charge in [0.2, 0.25) is 11.8 Å². The number of carbonyl (C=O) groups is 2. The van der Waals surface area contributed by atoms with Gasteiger partial charge in [0.1, 0.15) is 0 Å². The number of amides is 2. The molecule has 5 heteroatoms. The van der Waals surface area contributed by atoms with Gasteiger partial charge in [0.05, 0.1) is 0 Å². The number of rotatable bonds is 17. The van der Waals surface area contributed by atoms with E-state index in [1.807, 2.05) is 43.9 Å². The summed E-state index contributed by atoms with van der Waals surface area (Å²) in [6, 6.07) is 20.8. The quantitative estimate of drug-likeness (QED) is 0.188. The molecular weight excluding hydrogens is 542 g/mol. The third kappa shape index (κ3) is 19.6. The number of carbonyl (C=O) groups excluding carboxylic acids is 2. The summed E-state index contributed by atoms with van der Waals surface area (Å²) in [4.78, 5) is 25.8. The molecule has 0 saturated heterocycles. The lowest BCUT2D eigenvalue weighted by molar-refractivity contribution is -0.136. The first kappa shape index (κ1) is 41.3. The highest BCUT2D eigenvalue weighted by Gasteiger charge is 2.20. The first-order valence-electron chi connectivity index (χ1n) is 17.4. The highest BCUT2D eigenvalue weighted by molar-refractivity contribution is 5.78. The molecule has 44 heavy (non-hydrogen) atoms. The van der Waals surface area contributed by atoms with Crippen molar-refractivity contribution in [3.05, 3.63) is 71.8 Å². The highest BCUT2D eigenvalue weighted by Crippen LogP contribution is 2.15. The molecule has 250 valence electrons. The predicted molar refractivity (Wildman–Crippen MR) is 190 cm³/mol. The van der Waals surface area contributed by atoms with E-state index < -0.39 is 0 Å². The number of nitrogens with zero attached hydrogens (tertiary/aromatic N) is 1. The van der Waals surface area contributed by atoms with Gasteiger partial charge in [-0.15, -0.1) is 0 Å². The summed E-state index contributed by atoms with van der Waals surface area (Å²) < 4.78 is 0. The molecule has 2 aromatic carbocycles. The fraction of sp³-hybridized carbons (Fsp3) is 0.641. The number of nitrogens with one attached hydrogen (secondary N) is 2. The van der Waals surface area contributed by atoms with Crippen LogP contribution in [-0.2, 0) is 22.7 Å². The summed E-state index contributed by atoms with van der Waals surface area (Å²) in [7, 11) is 0. The maximum Gasteiger partial charge on any atom is 0.225 e. The van der Waals surface area contributed by atoms with Crippen LogP contribution in [0.3, 0.4) is 0 Å². The van der Waals surface area contributed by atoms with E-state index in [1.54, 1.807) is 0 Å². The van der Waals surface area contributed by atoms with Crippen LogP contribution in [0.15, 0.2) is 60.7 Å². The van der Waals surface area contributed by atoms with Crippen LogP contribution < -0.4 is 10.6 Å². The van der Waals surface area contributed by atoms with E-state index in [9.17, 15) is 9.59 Å². The van der Waals surface area contributed by atoms with E-state index in [1.165, 1.54) is 17.5 Å². The molecule has 0 heterocycles. The molecule has 0 spiro atoms. The Morgan fingerprint density at radius 2 is 1.09 bits per heavy atom. The second-order valence-corrected chi connectivity index (χ2v) is 12.7. The monoisotopic (exact) mass is 610 g/mol. The Hall–Kier alpha value is -2.66. The van der Waals surface area contributed by atoms with Crippen molar-refractivity contribution in [2.24, 2.45) is 29.6 Å². The lowest BCUT2D eigenvalue weighted by Crippen LogP contribution is -2.37. The summed E-state index contributed by atoms with van der Waals surface area (Å²) in [5, 5.41) is 6.40. The first-order chi connectivity index (χ1) is 21.0. The SMILES string of the molecule is CCC(C)CN(Cc1ccccc1)C(=O)C(C)CC.CCC(C)CNC(=O)C(C)CC.CCC(C)CNCc1ccccc1. The second-order valence-electron chi connectivity index (χ2n) is 12.7. The van der Waals surface area contributed by atoms with E-state index in [4.69, 9.17) is 0 Å². The smallest absolute Gasteiger partial charge is 0.225 e. The zero-order valence-corrected chi connectivity index (χ0v) is 30.0. The molecule has 0 bridgehead atoms. The van der Waals surface area contributed by atoms with Crippen LogP contribution in [0.4, 0.5) is 0 Å². The standard InChI is InChI=1S/C17H27NO.C12H19N.C10H21NO/c1-5-14(3)12-18(17(19)15(4)6-2)13-16-10-8-7-9-11-16;1-3-11(2)9-13-10-12-7-5-4-6-8-12;1-5-8(3)7-11-10(12)9(4)6-2/h7-11,14-15H,5-6,12-13H2,1-4H3;4-8,11,13H,3,9-10H2,1-2H3;8-9H,5-7H2,1-4H3,(H,11,12). The van der Waals surface area contributed by atoms with Crippen molar-refractivity contribution < 1.29 is 9.59 Å². The Morgan fingerprint density at radius 1 is 0.614 bits per heavy atom. The molecule has 0 fully saturated rings. The van der Waals surface area contributed by atoms with Gasteiger partial charge < -0.3 is 15.5 Å². The van der Waals surface area contributed by atoms with Crippen molar-refractivity contribution >= 4 is 11.8 Å². The summed E-state index contributed by atoms with van der Waals surface area (Å²) in [6.45, 7) is 25.8. The van der Waals surface area contributed by atoms with E-state index in [2.05, 4.69) is 102 Å². The third-order valence-corrected chi connectivity index (χ3v) is 8.53. The lowest BCUT2D eigenvalue weighted by atomic mass is 10.0. The lowest BCUT2D eigenvalue weighted by Gasteiger charge is -2.28. The highest BCUT2D eigenvalue weighted by atomic mass is 16.2. The van der Waals surface area contributed by atoms with Gasteiger partial charge in [-0.3, -0.25) is 9.59 Å². The van der Waals surface area contributed by atoms with E-state index in [-0.39, 0.29) is 23.7 Å². The molecule has 5 atom stereocenters. The zero-order valence-electron chi connectivity index (χ0n) is 30.0. The van der Waals surface area contributed by atoms with Crippen molar-refractivity contribution in [2.45, 2.75) is 114 Å². The third-order valence-electron chi connectivity index (χ3n) is 8.53. The van der Waals surface area contributed by atoms with Crippen molar-refractivity contribution in [1.29, 1.82) is 0 Å². The Morgan fingerprint density at radius 3 is 1.57 bits per heavy atom. The molecule has 2 N–H and O–H groups in total. The Labute approximate surface area is 272 Å². The van der Waals surface area contributed by atoms with Gasteiger partial charge in [0.25, 0.3) is 0 Å². The van der Waals surface area contributed by atoms with Crippen molar-refractivity contribution in [3.63, 3.8) is 0 Å². The fourth-order valence-electron chi connectivity index (χ4n) is 4.01. The number of benzene rings is 2. The predicted octanol–water partition coefficient (Wildman–Crippen LogP) is 9.12. The average Bonchev–Trinajstić information content (AvgIpc) is 3.06. The number of hydrogen-bond acceptors (Lipinski definition) is 3. The van der Waals surface area contributed by atoms with Crippen LogP contribution in [0.2, 0.25) is 0 Å². The normalized spacial score (nSPS) is 14.0. The average molecular weight is 610 g/mol. The van der Waals surface area contributed by atoms with E-state index >= 15 is 0 Å². The molecule has 0 saturated carbocycles. The van der Waals surface area contributed by atoms with Gasteiger partial charge in [-0.2, -0.15) is 0 Å². The molecule has 0 aromatic heterocycles. The maximum atomic E-state index is 12.5. The molecule has 5 unspecified atom stereocenters. The Balaban J connectivity index is 0.000000655. The molecule has 5 nitrogen and oxygen atoms in total. The molecular formula is C39H67N3O2. The van der Waals surface area contributed by atoms with Crippen molar-refractivity contribution in [1.82, 2.24) is 15.5 Å². The van der Waals surface area contributed by atoms with Crippen LogP contribution in [0, 0.1) is 29.6 Å². The molecule has 0 aliphatic rings. The Bertz CT molecular complexity index is 966. The number of hydrogen-bond donors (Lipinski definition) is 2. The van der Waals surface area contributed by atoms with E-state index in [0.29, 0.717) is 11.8 Å². The molecule has 0 aliphatic carbocycles. The zero-order chi connectivity index (χ0) is 33.3. The van der Waals surface area contributed by atoms with Crippen molar-refractivity contribution in [2.75, 3.05) is 19.6 Å². The molecule has 0 radical (unpaired) electrons. The second kappa shape index (κ2) is 25.6. The van der Waals surface area contributed by atoms with Gasteiger partial charge in [0, 0.05) is 38.0 Å². The maximum absolute atomic E-state index is 12.5. The summed E-state index contributed by atoms with van der Waals surface area (Å²) in [5.74, 6) is 2.68. The van der Waals surface area contributed by atoms with E-state index in [0.717, 1.165) is 64.3 Å². The molecule has 0 aliphatic heterocycles. The first-order valence-corrected chi connectivity index (χ1v) is 17.4. The van der Waals surface area contributed by atoms with Crippen LogP contribution in [0.5, 0.6) is 0 Å². The summed E-state index contributed by atoms with van der Waals surface area (Å²) >= 11 is 0. The van der Waals surface area contributed by atoms with Gasteiger partial charge in [0.15, 0.2) is 0 Å². The van der Waals surface area contributed by atoms with Gasteiger partial charge in [-0.05, 0) is 48.3 Å². The largest absolute Gasteiger partial charge is 0.356 e. The van der Waals surface area contributed by atoms with Gasteiger partial charge >= 0.3 is 0 Å². The minimum atomic E-state index is 0.118. The van der Waals surface area contributed by atoms with Crippen LogP contribution in [-0.4, -0.2) is 36.3 Å². The van der Waals surface area contributed by atoms with Gasteiger partial charge in [-0.25, -0.2) is 0 Å². The van der Waals surface area contributed by atoms with Crippen LogP contribution in [0.25, 0.3) is 0 Å². The minimum Gasteiger partial charge on any atom is -0.356 e. The minimum absolute atomic E-state index is 0.118. The van der Waals surface area contributed by atoms with Crippen LogP contribution in [0.1, 0.15) is 112 Å². The molecule has 2 rings (SSSR count). The topological polar surface area (TPSA) is 61.4 Å². The molecule has 2 aromatic rings.